The van der Waals surface area contributed by atoms with Crippen molar-refractivity contribution in [1.29, 1.82) is 0 Å². The maximum absolute atomic E-state index is 13.3. The van der Waals surface area contributed by atoms with Gasteiger partial charge in [-0.05, 0) is 44.0 Å². The highest BCUT2D eigenvalue weighted by Crippen LogP contribution is 2.34. The number of nitrogens with zero attached hydrogens (tertiary/aromatic N) is 2. The average Bonchev–Trinajstić information content (AvgIpc) is 3.36. The van der Waals surface area contributed by atoms with Gasteiger partial charge in [0.2, 0.25) is 17.7 Å². The molecule has 9 heteroatoms. The number of aryl methyl sites for hydroxylation is 1. The summed E-state index contributed by atoms with van der Waals surface area (Å²) in [6.07, 6.45) is 4.69. The van der Waals surface area contributed by atoms with E-state index < -0.39 is 6.03 Å². The van der Waals surface area contributed by atoms with Crippen molar-refractivity contribution < 1.29 is 23.6 Å². The predicted molar refractivity (Wildman–Crippen MR) is 125 cm³/mol. The van der Waals surface area contributed by atoms with Gasteiger partial charge >= 0.3 is 6.03 Å². The molecule has 4 rings (SSSR count). The fraction of sp³-hybridized carbons (Fsp3) is 0.440. The molecule has 2 atom stereocenters. The molecule has 0 spiro atoms. The number of anilines is 1. The molecule has 5 amide bonds. The number of furan rings is 1. The molecule has 1 aliphatic heterocycles. The number of rotatable bonds is 8. The van der Waals surface area contributed by atoms with Crippen LogP contribution in [0.25, 0.3) is 0 Å². The van der Waals surface area contributed by atoms with Gasteiger partial charge in [0.25, 0.3) is 0 Å². The van der Waals surface area contributed by atoms with Gasteiger partial charge in [0, 0.05) is 24.7 Å². The number of hydrogen-bond donors (Lipinski definition) is 2. The lowest BCUT2D eigenvalue weighted by Gasteiger charge is -2.46. The van der Waals surface area contributed by atoms with Crippen molar-refractivity contribution in [3.63, 3.8) is 0 Å². The lowest BCUT2D eigenvalue weighted by atomic mass is 9.81. The van der Waals surface area contributed by atoms with Gasteiger partial charge < -0.3 is 20.0 Å². The Hall–Kier alpha value is -3.62. The Morgan fingerprint density at radius 2 is 1.82 bits per heavy atom. The minimum absolute atomic E-state index is 0.0149. The minimum atomic E-state index is -0.508. The number of urea groups is 1. The number of carbonyl (C=O) groups excluding carboxylic acids is 4. The number of hydrogen-bond acceptors (Lipinski definition) is 5. The Morgan fingerprint density at radius 1 is 1.06 bits per heavy atom. The van der Waals surface area contributed by atoms with Gasteiger partial charge in [-0.15, -0.1) is 0 Å². The molecular formula is C25H30N4O5. The average molecular weight is 467 g/mol. The summed E-state index contributed by atoms with van der Waals surface area (Å²) in [6.45, 7) is 2.04. The summed E-state index contributed by atoms with van der Waals surface area (Å²) in [7, 11) is 0. The van der Waals surface area contributed by atoms with E-state index in [1.807, 2.05) is 31.2 Å². The third-order valence-electron chi connectivity index (χ3n) is 6.44. The predicted octanol–water partition coefficient (Wildman–Crippen LogP) is 3.06. The largest absolute Gasteiger partial charge is 0.467 e. The molecule has 2 N–H and O–H groups in total. The van der Waals surface area contributed by atoms with Crippen LogP contribution in [0.1, 0.15) is 43.4 Å². The van der Waals surface area contributed by atoms with Crippen molar-refractivity contribution in [2.45, 2.75) is 51.6 Å². The lowest BCUT2D eigenvalue weighted by Crippen LogP contribution is -2.63. The number of benzene rings is 1. The maximum atomic E-state index is 13.3. The number of imide groups is 1. The molecule has 34 heavy (non-hydrogen) atoms. The third kappa shape index (κ3) is 5.47. The Kier molecular flexibility index (Phi) is 7.30. The van der Waals surface area contributed by atoms with Crippen LogP contribution in [-0.4, -0.2) is 52.7 Å². The van der Waals surface area contributed by atoms with E-state index in [0.29, 0.717) is 24.3 Å². The van der Waals surface area contributed by atoms with E-state index in [2.05, 4.69) is 10.6 Å². The van der Waals surface area contributed by atoms with Crippen molar-refractivity contribution in [2.24, 2.45) is 5.92 Å². The molecule has 1 saturated carbocycles. The lowest BCUT2D eigenvalue weighted by molar-refractivity contribution is -0.142. The number of fused-ring (bicyclic) bond motifs is 1. The van der Waals surface area contributed by atoms with Crippen molar-refractivity contribution in [3.05, 3.63) is 54.0 Å². The zero-order chi connectivity index (χ0) is 24.1. The fourth-order valence-corrected chi connectivity index (χ4v) is 4.65. The summed E-state index contributed by atoms with van der Waals surface area (Å²) in [4.78, 5) is 54.1. The summed E-state index contributed by atoms with van der Waals surface area (Å²) >= 11 is 0. The van der Waals surface area contributed by atoms with Crippen LogP contribution in [0, 0.1) is 12.8 Å². The molecular weight excluding hydrogens is 436 g/mol. The van der Waals surface area contributed by atoms with Crippen LogP contribution in [-0.2, 0) is 20.9 Å². The monoisotopic (exact) mass is 466 g/mol. The van der Waals surface area contributed by atoms with Crippen LogP contribution in [0.5, 0.6) is 0 Å². The summed E-state index contributed by atoms with van der Waals surface area (Å²) in [5.41, 5.74) is 1.73. The van der Waals surface area contributed by atoms with Gasteiger partial charge in [0.05, 0.1) is 18.7 Å². The Labute approximate surface area is 198 Å². The first kappa shape index (κ1) is 23.5. The highest BCUT2D eigenvalue weighted by Gasteiger charge is 2.47. The van der Waals surface area contributed by atoms with Gasteiger partial charge in [-0.25, -0.2) is 4.79 Å². The van der Waals surface area contributed by atoms with Crippen molar-refractivity contribution in [1.82, 2.24) is 15.1 Å². The topological polar surface area (TPSA) is 112 Å². The molecule has 0 radical (unpaired) electrons. The molecule has 1 aliphatic carbocycles. The van der Waals surface area contributed by atoms with E-state index in [0.717, 1.165) is 23.3 Å². The number of carbonyl (C=O) groups is 4. The van der Waals surface area contributed by atoms with Crippen LogP contribution >= 0.6 is 0 Å². The SMILES string of the molecule is Cc1ccc(NC(=O)CN2C(=O)N(CCC(=O)NCc3ccco3)C(=O)C3CCCCC32)cc1. The van der Waals surface area contributed by atoms with Gasteiger partial charge in [-0.3, -0.25) is 19.3 Å². The first-order valence-corrected chi connectivity index (χ1v) is 11.7. The smallest absolute Gasteiger partial charge is 0.327 e. The normalized spacial score (nSPS) is 20.1. The highest BCUT2D eigenvalue weighted by molar-refractivity contribution is 6.01. The van der Waals surface area contributed by atoms with Gasteiger partial charge in [0.1, 0.15) is 12.3 Å². The van der Waals surface area contributed by atoms with E-state index in [1.165, 1.54) is 11.2 Å². The quantitative estimate of drug-likeness (QED) is 0.621. The van der Waals surface area contributed by atoms with Crippen molar-refractivity contribution in [3.8, 4) is 0 Å². The van der Waals surface area contributed by atoms with Crippen molar-refractivity contribution >= 4 is 29.4 Å². The van der Waals surface area contributed by atoms with E-state index in [-0.39, 0.29) is 55.7 Å². The van der Waals surface area contributed by atoms with Gasteiger partial charge in [-0.2, -0.15) is 0 Å². The molecule has 0 bridgehead atoms. The Bertz CT molecular complexity index is 1030. The zero-order valence-electron chi connectivity index (χ0n) is 19.3. The van der Waals surface area contributed by atoms with Gasteiger partial charge in [-0.1, -0.05) is 30.5 Å². The van der Waals surface area contributed by atoms with Crippen LogP contribution in [0.3, 0.4) is 0 Å². The molecule has 2 unspecified atom stereocenters. The van der Waals surface area contributed by atoms with Crippen LogP contribution in [0.2, 0.25) is 0 Å². The summed E-state index contributed by atoms with van der Waals surface area (Å²) in [5, 5.41) is 5.56. The first-order valence-electron chi connectivity index (χ1n) is 11.7. The molecule has 180 valence electrons. The van der Waals surface area contributed by atoms with Crippen LogP contribution in [0.15, 0.2) is 47.1 Å². The summed E-state index contributed by atoms with van der Waals surface area (Å²) < 4.78 is 5.19. The fourth-order valence-electron chi connectivity index (χ4n) is 4.65. The highest BCUT2D eigenvalue weighted by atomic mass is 16.3. The summed E-state index contributed by atoms with van der Waals surface area (Å²) in [6, 6.07) is 10.1. The molecule has 2 heterocycles. The summed E-state index contributed by atoms with van der Waals surface area (Å²) in [5.74, 6) is -0.568. The molecule has 2 aliphatic rings. The van der Waals surface area contributed by atoms with E-state index in [4.69, 9.17) is 4.42 Å². The maximum Gasteiger partial charge on any atom is 0.327 e. The zero-order valence-corrected chi connectivity index (χ0v) is 19.3. The third-order valence-corrected chi connectivity index (χ3v) is 6.44. The molecule has 1 aromatic heterocycles. The van der Waals surface area contributed by atoms with E-state index in [1.54, 1.807) is 12.1 Å². The first-order chi connectivity index (χ1) is 16.4. The standard InChI is InChI=1S/C25H30N4O5/c1-17-8-10-18(11-9-17)27-23(31)16-29-21-7-3-2-6-20(21)24(32)28(25(29)33)13-12-22(30)26-15-19-5-4-14-34-19/h4-5,8-11,14,20-21H,2-3,6-7,12-13,15-16H2,1H3,(H,26,30)(H,27,31). The van der Waals surface area contributed by atoms with Gasteiger partial charge in [0.15, 0.2) is 0 Å². The van der Waals surface area contributed by atoms with E-state index >= 15 is 0 Å². The Morgan fingerprint density at radius 3 is 2.56 bits per heavy atom. The molecule has 1 aromatic carbocycles. The van der Waals surface area contributed by atoms with E-state index in [9.17, 15) is 19.2 Å². The molecule has 1 saturated heterocycles. The van der Waals surface area contributed by atoms with Crippen LogP contribution in [0.4, 0.5) is 10.5 Å². The number of amides is 5. The second-order valence-corrected chi connectivity index (χ2v) is 8.88. The molecule has 9 nitrogen and oxygen atoms in total. The minimum Gasteiger partial charge on any atom is -0.467 e. The Balaban J connectivity index is 1.40. The van der Waals surface area contributed by atoms with Crippen LogP contribution < -0.4 is 10.6 Å². The molecule has 2 aromatic rings. The molecule has 2 fully saturated rings. The second kappa shape index (κ2) is 10.5. The van der Waals surface area contributed by atoms with Crippen molar-refractivity contribution in [2.75, 3.05) is 18.4 Å². The number of nitrogens with one attached hydrogen (secondary N) is 2. The second-order valence-electron chi connectivity index (χ2n) is 8.88.